The average molecular weight is 461 g/mol. The summed E-state index contributed by atoms with van der Waals surface area (Å²) >= 11 is 1.82. The Morgan fingerprint density at radius 2 is 1.88 bits per heavy atom. The molecule has 172 valence electrons. The lowest BCUT2D eigenvalue weighted by atomic mass is 10.1. The first kappa shape index (κ1) is 24.5. The first-order chi connectivity index (χ1) is 16.1. The van der Waals surface area contributed by atoms with Gasteiger partial charge >= 0.3 is 0 Å². The third-order valence-electron chi connectivity index (χ3n) is 5.53. The van der Waals surface area contributed by atoms with Gasteiger partial charge in [0.1, 0.15) is 5.82 Å². The van der Waals surface area contributed by atoms with Crippen LogP contribution in [0.25, 0.3) is 6.08 Å². The van der Waals surface area contributed by atoms with Crippen LogP contribution in [0.5, 0.6) is 0 Å². The molecule has 0 atom stereocenters. The lowest BCUT2D eigenvalue weighted by molar-refractivity contribution is -0.108. The number of carbonyl (C=O) groups is 1. The molecule has 1 heterocycles. The molecule has 33 heavy (non-hydrogen) atoms. The van der Waals surface area contributed by atoms with Crippen molar-refractivity contribution in [1.82, 2.24) is 9.97 Å². The van der Waals surface area contributed by atoms with Crippen molar-refractivity contribution in [3.8, 4) is 0 Å². The molecule has 6 heteroatoms. The zero-order chi connectivity index (χ0) is 23.6. The zero-order valence-electron chi connectivity index (χ0n) is 19.8. The van der Waals surface area contributed by atoms with E-state index >= 15 is 0 Å². The number of carbonyl (C=O) groups excluding carboxylic acids is 1. The van der Waals surface area contributed by atoms with Crippen molar-refractivity contribution in [3.05, 3.63) is 77.5 Å². The summed E-state index contributed by atoms with van der Waals surface area (Å²) in [6, 6.07) is 16.9. The van der Waals surface area contributed by atoms with E-state index < -0.39 is 0 Å². The summed E-state index contributed by atoms with van der Waals surface area (Å²) in [5.74, 6) is 2.04. The van der Waals surface area contributed by atoms with Crippen LogP contribution in [0.4, 0.5) is 17.5 Å². The van der Waals surface area contributed by atoms with Gasteiger partial charge in [-0.1, -0.05) is 56.3 Å². The van der Waals surface area contributed by atoms with Gasteiger partial charge in [0.25, 0.3) is 0 Å². The van der Waals surface area contributed by atoms with Crippen molar-refractivity contribution in [2.75, 3.05) is 10.2 Å². The Hall–Kier alpha value is -3.12. The molecular weight excluding hydrogens is 428 g/mol. The highest BCUT2D eigenvalue weighted by Gasteiger charge is 2.20. The van der Waals surface area contributed by atoms with Gasteiger partial charge in [0.15, 0.2) is 0 Å². The van der Waals surface area contributed by atoms with Gasteiger partial charge in [-0.05, 0) is 56.0 Å². The van der Waals surface area contributed by atoms with E-state index in [1.54, 1.807) is 11.1 Å². The highest BCUT2D eigenvalue weighted by molar-refractivity contribution is 7.98. The van der Waals surface area contributed by atoms with Crippen LogP contribution in [0, 0.1) is 6.92 Å². The average Bonchev–Trinajstić information content (AvgIpc) is 2.84. The molecule has 0 saturated heterocycles. The van der Waals surface area contributed by atoms with Gasteiger partial charge < -0.3 is 5.32 Å². The molecule has 0 aliphatic carbocycles. The summed E-state index contributed by atoms with van der Waals surface area (Å²) in [6.07, 6.45) is 8.23. The van der Waals surface area contributed by atoms with E-state index in [-0.39, 0.29) is 6.04 Å². The van der Waals surface area contributed by atoms with Gasteiger partial charge in [0, 0.05) is 34.1 Å². The van der Waals surface area contributed by atoms with Crippen LogP contribution in [-0.2, 0) is 10.5 Å². The summed E-state index contributed by atoms with van der Waals surface area (Å²) in [7, 11) is 0. The van der Waals surface area contributed by atoms with E-state index in [0.29, 0.717) is 11.8 Å². The molecule has 3 aromatic rings. The summed E-state index contributed by atoms with van der Waals surface area (Å²) in [5, 5.41) is 3.34. The molecule has 0 aliphatic heterocycles. The molecule has 0 fully saturated rings. The van der Waals surface area contributed by atoms with E-state index in [0.717, 1.165) is 41.8 Å². The quantitative estimate of drug-likeness (QED) is 0.246. The highest BCUT2D eigenvalue weighted by Crippen LogP contribution is 2.29. The fourth-order valence-corrected chi connectivity index (χ4v) is 4.62. The second kappa shape index (κ2) is 12.2. The van der Waals surface area contributed by atoms with Crippen LogP contribution in [0.3, 0.4) is 0 Å². The number of hydrogen-bond donors (Lipinski definition) is 1. The molecule has 1 aromatic heterocycles. The van der Waals surface area contributed by atoms with E-state index in [9.17, 15) is 4.79 Å². The molecule has 0 saturated carbocycles. The number of nitrogens with one attached hydrogen (secondary N) is 1. The molecule has 2 aromatic carbocycles. The van der Waals surface area contributed by atoms with Gasteiger partial charge in [-0.2, -0.15) is 4.98 Å². The molecule has 1 amide bonds. The van der Waals surface area contributed by atoms with E-state index in [1.165, 1.54) is 10.5 Å². The normalized spacial score (nSPS) is 11.2. The number of rotatable bonds is 11. The van der Waals surface area contributed by atoms with Crippen LogP contribution < -0.4 is 10.2 Å². The van der Waals surface area contributed by atoms with E-state index in [4.69, 9.17) is 4.98 Å². The van der Waals surface area contributed by atoms with Crippen molar-refractivity contribution in [1.29, 1.82) is 0 Å². The number of thioether (sulfide) groups is 1. The number of nitrogens with zero attached hydrogens (tertiary/aromatic N) is 3. The van der Waals surface area contributed by atoms with Crippen molar-refractivity contribution >= 4 is 41.7 Å². The second-order valence-electron chi connectivity index (χ2n) is 7.83. The monoisotopic (exact) mass is 460 g/mol. The molecule has 3 rings (SSSR count). The molecule has 0 aliphatic rings. The molecule has 0 bridgehead atoms. The van der Waals surface area contributed by atoms with Crippen molar-refractivity contribution < 1.29 is 4.79 Å². The Morgan fingerprint density at radius 1 is 1.12 bits per heavy atom. The summed E-state index contributed by atoms with van der Waals surface area (Å²) in [6.45, 7) is 8.19. The van der Waals surface area contributed by atoms with Crippen LogP contribution in [0.15, 0.2) is 65.7 Å². The molecule has 0 radical (unpaired) electrons. The molecule has 0 unspecified atom stereocenters. The fourth-order valence-electron chi connectivity index (χ4n) is 3.66. The maximum Gasteiger partial charge on any atom is 0.229 e. The lowest BCUT2D eigenvalue weighted by Crippen LogP contribution is -2.34. The van der Waals surface area contributed by atoms with Crippen LogP contribution in [0.2, 0.25) is 0 Å². The summed E-state index contributed by atoms with van der Waals surface area (Å²) < 4.78 is 0. The zero-order valence-corrected chi connectivity index (χ0v) is 20.6. The van der Waals surface area contributed by atoms with Gasteiger partial charge in [-0.15, -0.1) is 11.8 Å². The number of allylic oxidation sites excluding steroid dienone is 1. The molecular formula is C27H32N4OS. The first-order valence-electron chi connectivity index (χ1n) is 11.4. The first-order valence-corrected chi connectivity index (χ1v) is 12.4. The number of benzene rings is 2. The lowest BCUT2D eigenvalue weighted by Gasteiger charge is -2.27. The number of anilines is 3. The predicted molar refractivity (Wildman–Crippen MR) is 140 cm³/mol. The minimum atomic E-state index is 0.0944. The third-order valence-corrected chi connectivity index (χ3v) is 6.59. The summed E-state index contributed by atoms with van der Waals surface area (Å²) in [5.41, 5.74) is 4.19. The fraction of sp³-hybridized carbons (Fsp3) is 0.296. The smallest absolute Gasteiger partial charge is 0.229 e. The summed E-state index contributed by atoms with van der Waals surface area (Å²) in [4.78, 5) is 24.1. The number of aryl methyl sites for hydroxylation is 1. The topological polar surface area (TPSA) is 58.1 Å². The largest absolute Gasteiger partial charge is 0.324 e. The van der Waals surface area contributed by atoms with Crippen molar-refractivity contribution in [2.24, 2.45) is 0 Å². The number of hydrogen-bond acceptors (Lipinski definition) is 5. The van der Waals surface area contributed by atoms with Crippen LogP contribution >= 0.6 is 11.8 Å². The van der Waals surface area contributed by atoms with Gasteiger partial charge in [-0.25, -0.2) is 4.98 Å². The predicted octanol–water partition coefficient (Wildman–Crippen LogP) is 7.01. The third kappa shape index (κ3) is 6.45. The van der Waals surface area contributed by atoms with Gasteiger partial charge in [0.2, 0.25) is 12.4 Å². The minimum Gasteiger partial charge on any atom is -0.324 e. The van der Waals surface area contributed by atoms with Crippen LogP contribution in [0.1, 0.15) is 50.3 Å². The Morgan fingerprint density at radius 3 is 2.52 bits per heavy atom. The number of amides is 1. The Bertz CT molecular complexity index is 1080. The van der Waals surface area contributed by atoms with Gasteiger partial charge in [0.05, 0.1) is 0 Å². The minimum absolute atomic E-state index is 0.0944. The SMILES string of the molecule is C/C=C\c1cnc(Nc2ccc(SCc3ccccc3)cc2C)nc1N(C=O)C(CC)CC. The standard InChI is InChI=1S/C27H32N4OS/c1-5-11-22-17-28-27(30-26(22)31(19-32)23(6-2)7-3)29-25-15-14-24(16-20(25)4)33-18-21-12-9-8-10-13-21/h5,8-17,19,23H,6-7,18H2,1-4H3,(H,28,29,30)/b11-5-. The van der Waals surface area contributed by atoms with E-state index in [2.05, 4.69) is 73.5 Å². The molecule has 0 spiro atoms. The molecule has 1 N–H and O–H groups in total. The van der Waals surface area contributed by atoms with Crippen molar-refractivity contribution in [2.45, 2.75) is 57.2 Å². The Labute approximate surface area is 201 Å². The maximum atomic E-state index is 12.0. The second-order valence-corrected chi connectivity index (χ2v) is 8.88. The Kier molecular flexibility index (Phi) is 9.07. The maximum absolute atomic E-state index is 12.0. The number of aromatic nitrogens is 2. The van der Waals surface area contributed by atoms with Crippen LogP contribution in [-0.4, -0.2) is 22.4 Å². The Balaban J connectivity index is 1.81. The van der Waals surface area contributed by atoms with Gasteiger partial charge in [-0.3, -0.25) is 9.69 Å². The highest BCUT2D eigenvalue weighted by atomic mass is 32.2. The van der Waals surface area contributed by atoms with Crippen molar-refractivity contribution in [3.63, 3.8) is 0 Å². The molecule has 5 nitrogen and oxygen atoms in total. The van der Waals surface area contributed by atoms with E-state index in [1.807, 2.05) is 36.9 Å².